The molecule has 1 heterocycles. The van der Waals surface area contributed by atoms with Crippen LogP contribution in [-0.4, -0.2) is 55.2 Å². The number of aryl methyl sites for hydroxylation is 1. The van der Waals surface area contributed by atoms with E-state index in [2.05, 4.69) is 16.0 Å². The van der Waals surface area contributed by atoms with E-state index in [0.717, 1.165) is 5.56 Å². The number of ether oxygens (including phenoxy) is 1. The molecule has 0 aliphatic carbocycles. The van der Waals surface area contributed by atoms with Gasteiger partial charge in [-0.05, 0) is 44.4 Å². The number of amides is 4. The van der Waals surface area contributed by atoms with Crippen molar-refractivity contribution >= 4 is 23.7 Å². The Kier molecular flexibility index (Phi) is 7.25. The Balaban J connectivity index is 1.66. The van der Waals surface area contributed by atoms with E-state index >= 15 is 0 Å². The summed E-state index contributed by atoms with van der Waals surface area (Å²) in [5, 5.41) is 8.10. The van der Waals surface area contributed by atoms with Gasteiger partial charge < -0.3 is 25.6 Å². The van der Waals surface area contributed by atoms with Crippen LogP contribution in [0.4, 0.5) is 15.3 Å². The van der Waals surface area contributed by atoms with Gasteiger partial charge in [0, 0.05) is 24.8 Å². The summed E-state index contributed by atoms with van der Waals surface area (Å²) < 4.78 is 4.96. The third kappa shape index (κ3) is 6.27. The standard InChI is InChI=1S/C18H26N4O4/c1-3-26-18(25)22-9-7-14(8-10-22)20-16(23)12-19-17(24)21-15-6-4-5-13(2)11-15/h4-6,11,14H,3,7-10,12H2,1-2H3,(H,20,23)(H2,19,21,24). The van der Waals surface area contributed by atoms with Crippen molar-refractivity contribution in [3.05, 3.63) is 29.8 Å². The molecule has 1 aliphatic rings. The fraction of sp³-hybridized carbons (Fsp3) is 0.500. The summed E-state index contributed by atoms with van der Waals surface area (Å²) in [6.45, 7) is 5.05. The van der Waals surface area contributed by atoms with Crippen LogP contribution in [0, 0.1) is 6.92 Å². The monoisotopic (exact) mass is 362 g/mol. The van der Waals surface area contributed by atoms with E-state index in [0.29, 0.717) is 38.2 Å². The van der Waals surface area contributed by atoms with Crippen LogP contribution in [0.1, 0.15) is 25.3 Å². The SMILES string of the molecule is CCOC(=O)N1CCC(NC(=O)CNC(=O)Nc2cccc(C)c2)CC1. The highest BCUT2D eigenvalue weighted by atomic mass is 16.6. The van der Waals surface area contributed by atoms with Gasteiger partial charge in [-0.3, -0.25) is 4.79 Å². The maximum absolute atomic E-state index is 12.0. The van der Waals surface area contributed by atoms with Gasteiger partial charge in [-0.1, -0.05) is 12.1 Å². The molecular formula is C18H26N4O4. The lowest BCUT2D eigenvalue weighted by Crippen LogP contribution is -2.49. The van der Waals surface area contributed by atoms with Crippen LogP contribution >= 0.6 is 0 Å². The number of rotatable bonds is 5. The molecule has 2 rings (SSSR count). The van der Waals surface area contributed by atoms with Gasteiger partial charge in [-0.2, -0.15) is 0 Å². The van der Waals surface area contributed by atoms with Crippen LogP contribution in [0.2, 0.25) is 0 Å². The Labute approximate surface area is 153 Å². The molecule has 1 aromatic rings. The molecule has 8 heteroatoms. The second-order valence-electron chi connectivity index (χ2n) is 6.20. The molecule has 1 aromatic carbocycles. The van der Waals surface area contributed by atoms with Crippen molar-refractivity contribution in [3.63, 3.8) is 0 Å². The van der Waals surface area contributed by atoms with Crippen LogP contribution < -0.4 is 16.0 Å². The first-order valence-electron chi connectivity index (χ1n) is 8.80. The van der Waals surface area contributed by atoms with Gasteiger partial charge in [0.1, 0.15) is 0 Å². The number of urea groups is 1. The number of anilines is 1. The Morgan fingerprint density at radius 3 is 2.62 bits per heavy atom. The molecule has 1 aliphatic heterocycles. The second kappa shape index (κ2) is 9.65. The highest BCUT2D eigenvalue weighted by molar-refractivity contribution is 5.92. The van der Waals surface area contributed by atoms with E-state index < -0.39 is 6.03 Å². The Morgan fingerprint density at radius 1 is 1.23 bits per heavy atom. The smallest absolute Gasteiger partial charge is 0.409 e. The number of likely N-dealkylation sites (tertiary alicyclic amines) is 1. The lowest BCUT2D eigenvalue weighted by molar-refractivity contribution is -0.121. The molecule has 0 saturated carbocycles. The summed E-state index contributed by atoms with van der Waals surface area (Å²) in [6, 6.07) is 6.98. The number of hydrogen-bond donors (Lipinski definition) is 3. The summed E-state index contributed by atoms with van der Waals surface area (Å²) in [5.74, 6) is -0.251. The number of carbonyl (C=O) groups excluding carboxylic acids is 3. The zero-order valence-corrected chi connectivity index (χ0v) is 15.2. The maximum Gasteiger partial charge on any atom is 0.409 e. The Hall–Kier alpha value is -2.77. The van der Waals surface area contributed by atoms with Crippen molar-refractivity contribution in [2.24, 2.45) is 0 Å². The molecule has 0 unspecified atom stereocenters. The Bertz CT molecular complexity index is 642. The minimum absolute atomic E-state index is 0.00480. The third-order valence-corrected chi connectivity index (χ3v) is 4.07. The van der Waals surface area contributed by atoms with E-state index in [1.54, 1.807) is 17.9 Å². The molecule has 4 amide bonds. The van der Waals surface area contributed by atoms with Crippen molar-refractivity contribution in [1.29, 1.82) is 0 Å². The molecule has 3 N–H and O–H groups in total. The summed E-state index contributed by atoms with van der Waals surface area (Å²) in [5.41, 5.74) is 1.71. The van der Waals surface area contributed by atoms with E-state index in [1.807, 2.05) is 25.1 Å². The van der Waals surface area contributed by atoms with Crippen molar-refractivity contribution in [2.75, 3.05) is 31.6 Å². The van der Waals surface area contributed by atoms with Crippen molar-refractivity contribution < 1.29 is 19.1 Å². The molecule has 0 aromatic heterocycles. The van der Waals surface area contributed by atoms with Crippen LogP contribution in [0.15, 0.2) is 24.3 Å². The number of carbonyl (C=O) groups is 3. The van der Waals surface area contributed by atoms with E-state index in [-0.39, 0.29) is 24.6 Å². The van der Waals surface area contributed by atoms with Gasteiger partial charge in [0.2, 0.25) is 5.91 Å². The minimum atomic E-state index is -0.428. The lowest BCUT2D eigenvalue weighted by Gasteiger charge is -2.31. The number of benzene rings is 1. The van der Waals surface area contributed by atoms with Crippen LogP contribution in [0.25, 0.3) is 0 Å². The molecular weight excluding hydrogens is 336 g/mol. The average molecular weight is 362 g/mol. The van der Waals surface area contributed by atoms with Gasteiger partial charge in [-0.25, -0.2) is 9.59 Å². The van der Waals surface area contributed by atoms with Gasteiger partial charge >= 0.3 is 12.1 Å². The van der Waals surface area contributed by atoms with E-state index in [1.165, 1.54) is 0 Å². The predicted molar refractivity (Wildman–Crippen MR) is 98.0 cm³/mol. The van der Waals surface area contributed by atoms with Crippen LogP contribution in [0.5, 0.6) is 0 Å². The first kappa shape index (κ1) is 19.6. The number of nitrogens with one attached hydrogen (secondary N) is 3. The maximum atomic E-state index is 12.0. The molecule has 0 spiro atoms. The molecule has 26 heavy (non-hydrogen) atoms. The van der Waals surface area contributed by atoms with E-state index in [4.69, 9.17) is 4.74 Å². The minimum Gasteiger partial charge on any atom is -0.450 e. The topological polar surface area (TPSA) is 99.8 Å². The first-order valence-corrected chi connectivity index (χ1v) is 8.80. The highest BCUT2D eigenvalue weighted by Gasteiger charge is 2.24. The molecule has 0 bridgehead atoms. The van der Waals surface area contributed by atoms with Crippen molar-refractivity contribution in [3.8, 4) is 0 Å². The number of piperidine rings is 1. The number of nitrogens with zero attached hydrogens (tertiary/aromatic N) is 1. The molecule has 1 fully saturated rings. The fourth-order valence-corrected chi connectivity index (χ4v) is 2.76. The lowest BCUT2D eigenvalue weighted by atomic mass is 10.1. The summed E-state index contributed by atoms with van der Waals surface area (Å²) in [6.07, 6.45) is 1.02. The number of hydrogen-bond acceptors (Lipinski definition) is 4. The second-order valence-corrected chi connectivity index (χ2v) is 6.20. The largest absolute Gasteiger partial charge is 0.450 e. The first-order chi connectivity index (χ1) is 12.5. The van der Waals surface area contributed by atoms with Gasteiger partial charge in [0.25, 0.3) is 0 Å². The van der Waals surface area contributed by atoms with Crippen molar-refractivity contribution in [2.45, 2.75) is 32.7 Å². The molecule has 8 nitrogen and oxygen atoms in total. The predicted octanol–water partition coefficient (Wildman–Crippen LogP) is 1.85. The average Bonchev–Trinajstić information content (AvgIpc) is 2.61. The van der Waals surface area contributed by atoms with Crippen LogP contribution in [-0.2, 0) is 9.53 Å². The zero-order valence-electron chi connectivity index (χ0n) is 15.2. The van der Waals surface area contributed by atoms with Gasteiger partial charge in [0.15, 0.2) is 0 Å². The highest BCUT2D eigenvalue weighted by Crippen LogP contribution is 2.11. The van der Waals surface area contributed by atoms with Gasteiger partial charge in [-0.15, -0.1) is 0 Å². The van der Waals surface area contributed by atoms with Crippen molar-refractivity contribution in [1.82, 2.24) is 15.5 Å². The summed E-state index contributed by atoms with van der Waals surface area (Å²) >= 11 is 0. The quantitative estimate of drug-likeness (QED) is 0.744. The third-order valence-electron chi connectivity index (χ3n) is 4.07. The molecule has 0 radical (unpaired) electrons. The van der Waals surface area contributed by atoms with Gasteiger partial charge in [0.05, 0.1) is 13.2 Å². The normalized spacial score (nSPS) is 14.5. The Morgan fingerprint density at radius 2 is 1.96 bits per heavy atom. The molecule has 1 saturated heterocycles. The fourth-order valence-electron chi connectivity index (χ4n) is 2.76. The summed E-state index contributed by atoms with van der Waals surface area (Å²) in [7, 11) is 0. The van der Waals surface area contributed by atoms with Crippen LogP contribution in [0.3, 0.4) is 0 Å². The van der Waals surface area contributed by atoms with E-state index in [9.17, 15) is 14.4 Å². The molecule has 142 valence electrons. The summed E-state index contributed by atoms with van der Waals surface area (Å²) in [4.78, 5) is 37.1. The zero-order chi connectivity index (χ0) is 18.9. The molecule has 0 atom stereocenters.